The van der Waals surface area contributed by atoms with Crippen molar-refractivity contribution in [3.05, 3.63) is 22.4 Å². The van der Waals surface area contributed by atoms with E-state index in [0.717, 1.165) is 32.1 Å². The van der Waals surface area contributed by atoms with Gasteiger partial charge in [0.2, 0.25) is 0 Å². The number of guanidine groups is 1. The molecule has 0 bridgehead atoms. The molecule has 2 rings (SSSR count). The van der Waals surface area contributed by atoms with Gasteiger partial charge in [0.15, 0.2) is 5.96 Å². The van der Waals surface area contributed by atoms with Crippen LogP contribution in [-0.2, 0) is 11.3 Å². The molecule has 5 nitrogen and oxygen atoms in total. The molecule has 0 aliphatic carbocycles. The van der Waals surface area contributed by atoms with Crippen molar-refractivity contribution >= 4 is 41.3 Å². The zero-order chi connectivity index (χ0) is 17.4. The van der Waals surface area contributed by atoms with E-state index >= 15 is 0 Å². The third-order valence-electron chi connectivity index (χ3n) is 4.58. The number of nitrogens with one attached hydrogen (secondary N) is 2. The molecule has 0 saturated carbocycles. The lowest BCUT2D eigenvalue weighted by molar-refractivity contribution is 0.0268. The maximum Gasteiger partial charge on any atom is 0.191 e. The van der Waals surface area contributed by atoms with Gasteiger partial charge in [0, 0.05) is 45.2 Å². The Hall–Kier alpha value is -0.380. The molecule has 1 aliphatic rings. The number of piperidine rings is 1. The summed E-state index contributed by atoms with van der Waals surface area (Å²) < 4.78 is 5.44. The second-order valence-electron chi connectivity index (χ2n) is 7.09. The molecule has 1 aromatic rings. The van der Waals surface area contributed by atoms with Crippen LogP contribution in [0.3, 0.4) is 0 Å². The third kappa shape index (κ3) is 8.23. The molecule has 1 saturated heterocycles. The largest absolute Gasteiger partial charge is 0.377 e. The van der Waals surface area contributed by atoms with E-state index < -0.39 is 0 Å². The topological polar surface area (TPSA) is 48.9 Å². The van der Waals surface area contributed by atoms with E-state index in [9.17, 15) is 0 Å². The van der Waals surface area contributed by atoms with E-state index in [0.29, 0.717) is 5.92 Å². The normalized spacial score (nSPS) is 19.4. The van der Waals surface area contributed by atoms with Crippen molar-refractivity contribution in [3.8, 4) is 0 Å². The molecule has 0 amide bonds. The average Bonchev–Trinajstić information content (AvgIpc) is 3.08. The molecule has 1 aromatic heterocycles. The zero-order valence-electron chi connectivity index (χ0n) is 15.9. The Morgan fingerprint density at radius 3 is 2.88 bits per heavy atom. The van der Waals surface area contributed by atoms with Crippen molar-refractivity contribution in [3.63, 3.8) is 0 Å². The number of ether oxygens (including phenoxy) is 1. The van der Waals surface area contributed by atoms with Gasteiger partial charge < -0.3 is 15.4 Å². The van der Waals surface area contributed by atoms with E-state index in [2.05, 4.69) is 51.9 Å². The molecule has 0 aromatic carbocycles. The van der Waals surface area contributed by atoms with Crippen LogP contribution in [0.25, 0.3) is 0 Å². The van der Waals surface area contributed by atoms with Gasteiger partial charge in [0.05, 0.1) is 5.60 Å². The van der Waals surface area contributed by atoms with Gasteiger partial charge in [-0.3, -0.25) is 9.89 Å². The standard InChI is InChI=1S/C18H32N4OS.HI/c1-18(2,23-4)14-21-17(19-3)20-11-15-7-5-9-22(12-15)13-16-8-6-10-24-16;/h6,8,10,15H,5,7,9,11-14H2,1-4H3,(H2,19,20,21);1H. The molecule has 1 unspecified atom stereocenters. The van der Waals surface area contributed by atoms with Crippen LogP contribution in [0.2, 0.25) is 0 Å². The summed E-state index contributed by atoms with van der Waals surface area (Å²) in [5.41, 5.74) is -0.194. The predicted octanol–water partition coefficient (Wildman–Crippen LogP) is 3.17. The molecule has 0 radical (unpaired) electrons. The summed E-state index contributed by atoms with van der Waals surface area (Å²) in [6.45, 7) is 9.29. The first-order valence-electron chi connectivity index (χ1n) is 8.77. The lowest BCUT2D eigenvalue weighted by Crippen LogP contribution is -2.47. The number of aliphatic imine (C=N–C) groups is 1. The van der Waals surface area contributed by atoms with Crippen LogP contribution in [0.5, 0.6) is 0 Å². The lowest BCUT2D eigenvalue weighted by Gasteiger charge is -2.33. The number of nitrogens with zero attached hydrogens (tertiary/aromatic N) is 2. The summed E-state index contributed by atoms with van der Waals surface area (Å²) >= 11 is 1.85. The van der Waals surface area contributed by atoms with E-state index in [-0.39, 0.29) is 29.6 Å². The molecule has 2 N–H and O–H groups in total. The average molecular weight is 480 g/mol. The lowest BCUT2D eigenvalue weighted by atomic mass is 9.98. The van der Waals surface area contributed by atoms with E-state index in [1.807, 2.05) is 18.4 Å². The van der Waals surface area contributed by atoms with Gasteiger partial charge in [-0.1, -0.05) is 6.07 Å². The maximum atomic E-state index is 5.44. The van der Waals surface area contributed by atoms with Crippen LogP contribution < -0.4 is 10.6 Å². The fourth-order valence-electron chi connectivity index (χ4n) is 2.91. The van der Waals surface area contributed by atoms with Crippen molar-refractivity contribution < 1.29 is 4.74 Å². The summed E-state index contributed by atoms with van der Waals surface area (Å²) in [6, 6.07) is 4.37. The number of methoxy groups -OCH3 is 1. The summed E-state index contributed by atoms with van der Waals surface area (Å²) in [7, 11) is 3.56. The van der Waals surface area contributed by atoms with Crippen LogP contribution in [0.4, 0.5) is 0 Å². The highest BCUT2D eigenvalue weighted by Crippen LogP contribution is 2.19. The van der Waals surface area contributed by atoms with Crippen LogP contribution in [-0.4, -0.2) is 56.8 Å². The highest BCUT2D eigenvalue weighted by Gasteiger charge is 2.21. The van der Waals surface area contributed by atoms with Crippen LogP contribution in [0.1, 0.15) is 31.6 Å². The van der Waals surface area contributed by atoms with Gasteiger partial charge in [-0.25, -0.2) is 0 Å². The second-order valence-corrected chi connectivity index (χ2v) is 8.13. The zero-order valence-corrected chi connectivity index (χ0v) is 19.0. The molecule has 25 heavy (non-hydrogen) atoms. The molecular weight excluding hydrogens is 447 g/mol. The Bertz CT molecular complexity index is 507. The van der Waals surface area contributed by atoms with Crippen molar-refractivity contribution in [1.29, 1.82) is 0 Å². The highest BCUT2D eigenvalue weighted by atomic mass is 127. The van der Waals surface area contributed by atoms with Gasteiger partial charge in [0.1, 0.15) is 0 Å². The SMILES string of the molecule is CN=C(NCC1CCCN(Cc2cccs2)C1)NCC(C)(C)OC.I. The number of likely N-dealkylation sites (tertiary alicyclic amines) is 1. The number of thiophene rings is 1. The first-order chi connectivity index (χ1) is 11.5. The predicted molar refractivity (Wildman–Crippen MR) is 118 cm³/mol. The molecule has 1 atom stereocenters. The first kappa shape index (κ1) is 22.7. The van der Waals surface area contributed by atoms with Crippen molar-refractivity contribution in [1.82, 2.24) is 15.5 Å². The van der Waals surface area contributed by atoms with Crippen LogP contribution in [0, 0.1) is 5.92 Å². The monoisotopic (exact) mass is 480 g/mol. The Morgan fingerprint density at radius 1 is 1.44 bits per heavy atom. The van der Waals surface area contributed by atoms with Gasteiger partial charge in [0.25, 0.3) is 0 Å². The minimum absolute atomic E-state index is 0. The minimum Gasteiger partial charge on any atom is -0.377 e. The number of halogens is 1. The fourth-order valence-corrected chi connectivity index (χ4v) is 3.66. The smallest absolute Gasteiger partial charge is 0.191 e. The number of hydrogen-bond acceptors (Lipinski definition) is 4. The van der Waals surface area contributed by atoms with Gasteiger partial charge in [-0.15, -0.1) is 35.3 Å². The van der Waals surface area contributed by atoms with Gasteiger partial charge >= 0.3 is 0 Å². The molecule has 1 fully saturated rings. The van der Waals surface area contributed by atoms with E-state index in [1.165, 1.54) is 24.3 Å². The Balaban J connectivity index is 0.00000312. The number of hydrogen-bond donors (Lipinski definition) is 2. The quantitative estimate of drug-likeness (QED) is 0.358. The van der Waals surface area contributed by atoms with Crippen LogP contribution >= 0.6 is 35.3 Å². The Labute approximate surface area is 173 Å². The highest BCUT2D eigenvalue weighted by molar-refractivity contribution is 14.0. The van der Waals surface area contributed by atoms with Gasteiger partial charge in [-0.05, 0) is 50.6 Å². The third-order valence-corrected chi connectivity index (χ3v) is 5.44. The number of rotatable bonds is 7. The second kappa shape index (κ2) is 11.4. The molecule has 0 spiro atoms. The molecule has 2 heterocycles. The summed E-state index contributed by atoms with van der Waals surface area (Å²) in [5, 5.41) is 8.99. The van der Waals surface area contributed by atoms with E-state index in [4.69, 9.17) is 4.74 Å². The molecule has 7 heteroatoms. The molecular formula is C18H33IN4OS. The first-order valence-corrected chi connectivity index (χ1v) is 9.65. The van der Waals surface area contributed by atoms with Crippen molar-refractivity contribution in [2.75, 3.05) is 40.3 Å². The van der Waals surface area contributed by atoms with Crippen molar-refractivity contribution in [2.24, 2.45) is 10.9 Å². The minimum atomic E-state index is -0.194. The summed E-state index contributed by atoms with van der Waals surface area (Å²) in [4.78, 5) is 8.35. The Kier molecular flexibility index (Phi) is 10.3. The molecule has 144 valence electrons. The Morgan fingerprint density at radius 2 is 2.24 bits per heavy atom. The van der Waals surface area contributed by atoms with Crippen LogP contribution in [0.15, 0.2) is 22.5 Å². The van der Waals surface area contributed by atoms with E-state index in [1.54, 1.807) is 7.11 Å². The van der Waals surface area contributed by atoms with Gasteiger partial charge in [-0.2, -0.15) is 0 Å². The summed E-state index contributed by atoms with van der Waals surface area (Å²) in [6.07, 6.45) is 2.56. The molecule has 1 aliphatic heterocycles. The summed E-state index contributed by atoms with van der Waals surface area (Å²) in [5.74, 6) is 1.53. The van der Waals surface area contributed by atoms with Crippen molar-refractivity contribution in [2.45, 2.75) is 38.8 Å². The maximum absolute atomic E-state index is 5.44. The fraction of sp³-hybridized carbons (Fsp3) is 0.722.